The average molecular weight is 411 g/mol. The maximum absolute atomic E-state index is 13.0. The molecule has 0 bridgehead atoms. The number of carbonyl (C=O) groups excluding carboxylic acids is 1. The second-order valence-electron chi connectivity index (χ2n) is 6.92. The van der Waals surface area contributed by atoms with Crippen molar-refractivity contribution in [2.24, 2.45) is 0 Å². The highest BCUT2D eigenvalue weighted by Gasteiger charge is 2.24. The molecule has 150 valence electrons. The number of hydrogen-bond acceptors (Lipinski definition) is 4. The van der Waals surface area contributed by atoms with E-state index in [0.717, 1.165) is 31.1 Å². The molecule has 1 aromatic heterocycles. The van der Waals surface area contributed by atoms with Crippen LogP contribution in [0.2, 0.25) is 5.02 Å². The van der Waals surface area contributed by atoms with Crippen molar-refractivity contribution in [2.45, 2.75) is 0 Å². The summed E-state index contributed by atoms with van der Waals surface area (Å²) in [4.78, 5) is 21.4. The Labute approximate surface area is 175 Å². The number of ether oxygens (including phenoxy) is 1. The minimum absolute atomic E-state index is 0.0171. The van der Waals surface area contributed by atoms with Crippen molar-refractivity contribution in [3.63, 3.8) is 0 Å². The minimum atomic E-state index is 0.0171. The topological polar surface area (TPSA) is 50.6 Å². The fourth-order valence-electron chi connectivity index (χ4n) is 3.41. The van der Waals surface area contributed by atoms with Crippen LogP contribution in [0.3, 0.4) is 0 Å². The summed E-state index contributed by atoms with van der Waals surface area (Å²) in [5.74, 6) is 0.834. The normalized spacial score (nSPS) is 14.7. The number of aromatic nitrogens is 2. The molecule has 4 rings (SSSR count). The Balaban J connectivity index is 1.28. The van der Waals surface area contributed by atoms with E-state index in [1.54, 1.807) is 12.5 Å². The molecule has 0 unspecified atom stereocenters. The third-order valence-corrected chi connectivity index (χ3v) is 5.29. The largest absolute Gasteiger partial charge is 0.492 e. The van der Waals surface area contributed by atoms with Gasteiger partial charge in [0.05, 0.1) is 12.5 Å². The van der Waals surface area contributed by atoms with E-state index in [4.69, 9.17) is 16.3 Å². The number of benzene rings is 2. The number of imidazole rings is 1. The van der Waals surface area contributed by atoms with Gasteiger partial charge in [-0.1, -0.05) is 29.8 Å². The molecule has 2 heterocycles. The number of nitrogens with zero attached hydrogens (tertiary/aromatic N) is 4. The van der Waals surface area contributed by atoms with Gasteiger partial charge >= 0.3 is 0 Å². The van der Waals surface area contributed by atoms with Crippen LogP contribution < -0.4 is 4.74 Å². The van der Waals surface area contributed by atoms with Crippen LogP contribution in [0.1, 0.15) is 10.5 Å². The third-order valence-electron chi connectivity index (χ3n) is 5.04. The summed E-state index contributed by atoms with van der Waals surface area (Å²) in [5, 5.41) is 0.701. The fourth-order valence-corrected chi connectivity index (χ4v) is 3.53. The van der Waals surface area contributed by atoms with E-state index in [-0.39, 0.29) is 5.91 Å². The first-order chi connectivity index (χ1) is 14.2. The van der Waals surface area contributed by atoms with Crippen LogP contribution in [0.4, 0.5) is 0 Å². The van der Waals surface area contributed by atoms with Gasteiger partial charge in [-0.3, -0.25) is 14.3 Å². The molecule has 29 heavy (non-hydrogen) atoms. The predicted molar refractivity (Wildman–Crippen MR) is 113 cm³/mol. The zero-order valence-electron chi connectivity index (χ0n) is 16.1. The Morgan fingerprint density at radius 2 is 1.72 bits per heavy atom. The molecule has 0 N–H and O–H groups in total. The number of para-hydroxylation sites is 1. The highest BCUT2D eigenvalue weighted by atomic mass is 35.5. The van der Waals surface area contributed by atoms with E-state index in [1.165, 1.54) is 0 Å². The molecule has 0 saturated carbocycles. The number of halogens is 1. The molecule has 1 fully saturated rings. The van der Waals surface area contributed by atoms with Gasteiger partial charge in [0, 0.05) is 43.4 Å². The van der Waals surface area contributed by atoms with E-state index in [1.807, 2.05) is 64.1 Å². The quantitative estimate of drug-likeness (QED) is 0.625. The molecule has 0 aliphatic carbocycles. The average Bonchev–Trinajstić information content (AvgIpc) is 3.26. The van der Waals surface area contributed by atoms with Crippen LogP contribution in [0.25, 0.3) is 5.69 Å². The molecule has 3 aromatic rings. The molecule has 1 aliphatic rings. The number of amides is 1. The maximum atomic E-state index is 13.0. The first kappa shape index (κ1) is 19.5. The molecule has 1 amide bonds. The fraction of sp³-hybridized carbons (Fsp3) is 0.273. The lowest BCUT2D eigenvalue weighted by Crippen LogP contribution is -2.49. The van der Waals surface area contributed by atoms with Gasteiger partial charge < -0.3 is 9.64 Å². The van der Waals surface area contributed by atoms with Crippen molar-refractivity contribution in [1.29, 1.82) is 0 Å². The summed E-state index contributed by atoms with van der Waals surface area (Å²) < 4.78 is 7.61. The number of carbonyl (C=O) groups is 1. The Kier molecular flexibility index (Phi) is 6.12. The number of piperazine rings is 1. The molecular formula is C22H23ClN4O2. The maximum Gasteiger partial charge on any atom is 0.272 e. The van der Waals surface area contributed by atoms with Gasteiger partial charge in [-0.05, 0) is 36.4 Å². The summed E-state index contributed by atoms with van der Waals surface area (Å²) in [6, 6.07) is 17.2. The Bertz CT molecular complexity index is 935. The SMILES string of the molecule is O=C(c1cncn1-c1ccccc1)N1CCN(CCOc2ccc(Cl)cc2)CC1. The summed E-state index contributed by atoms with van der Waals surface area (Å²) in [6.45, 7) is 4.48. The smallest absolute Gasteiger partial charge is 0.272 e. The van der Waals surface area contributed by atoms with Crippen LogP contribution in [-0.4, -0.2) is 64.6 Å². The molecular weight excluding hydrogens is 388 g/mol. The van der Waals surface area contributed by atoms with Crippen LogP contribution >= 0.6 is 11.6 Å². The van der Waals surface area contributed by atoms with Gasteiger partial charge in [0.25, 0.3) is 5.91 Å². The highest BCUT2D eigenvalue weighted by Crippen LogP contribution is 2.16. The number of hydrogen-bond donors (Lipinski definition) is 0. The van der Waals surface area contributed by atoms with Gasteiger partial charge in [-0.15, -0.1) is 0 Å². The standard InChI is InChI=1S/C22H23ClN4O2/c23-18-6-8-20(9-7-18)29-15-14-25-10-12-26(13-11-25)22(28)21-16-24-17-27(21)19-4-2-1-3-5-19/h1-9,16-17H,10-15H2. The zero-order valence-corrected chi connectivity index (χ0v) is 16.8. The van der Waals surface area contributed by atoms with Gasteiger partial charge in [0.2, 0.25) is 0 Å². The third kappa shape index (κ3) is 4.78. The second-order valence-corrected chi connectivity index (χ2v) is 7.36. The van der Waals surface area contributed by atoms with Crippen molar-refractivity contribution in [2.75, 3.05) is 39.3 Å². The Morgan fingerprint density at radius 1 is 1.00 bits per heavy atom. The van der Waals surface area contributed by atoms with Crippen molar-refractivity contribution >= 4 is 17.5 Å². The van der Waals surface area contributed by atoms with E-state index in [2.05, 4.69) is 9.88 Å². The minimum Gasteiger partial charge on any atom is -0.492 e. The summed E-state index contributed by atoms with van der Waals surface area (Å²) in [7, 11) is 0. The van der Waals surface area contributed by atoms with Gasteiger partial charge in [-0.2, -0.15) is 0 Å². The van der Waals surface area contributed by atoms with Gasteiger partial charge in [0.1, 0.15) is 18.1 Å². The zero-order chi connectivity index (χ0) is 20.1. The van der Waals surface area contributed by atoms with Crippen LogP contribution in [0.15, 0.2) is 67.1 Å². The predicted octanol–water partition coefficient (Wildman–Crippen LogP) is 3.36. The molecule has 1 saturated heterocycles. The van der Waals surface area contributed by atoms with Crippen molar-refractivity contribution in [3.05, 3.63) is 77.8 Å². The second kappa shape index (κ2) is 9.11. The number of rotatable bonds is 6. The molecule has 1 aliphatic heterocycles. The van der Waals surface area contributed by atoms with Crippen molar-refractivity contribution in [3.8, 4) is 11.4 Å². The monoisotopic (exact) mass is 410 g/mol. The van der Waals surface area contributed by atoms with Crippen LogP contribution in [-0.2, 0) is 0 Å². The van der Waals surface area contributed by atoms with Crippen molar-refractivity contribution in [1.82, 2.24) is 19.4 Å². The summed E-state index contributed by atoms with van der Waals surface area (Å²) in [5.41, 5.74) is 1.53. The van der Waals surface area contributed by atoms with Gasteiger partial charge in [-0.25, -0.2) is 4.98 Å². The van der Waals surface area contributed by atoms with Crippen LogP contribution in [0, 0.1) is 0 Å². The molecule has 0 atom stereocenters. The highest BCUT2D eigenvalue weighted by molar-refractivity contribution is 6.30. The molecule has 7 heteroatoms. The lowest BCUT2D eigenvalue weighted by Gasteiger charge is -2.34. The van der Waals surface area contributed by atoms with E-state index in [9.17, 15) is 4.79 Å². The van der Waals surface area contributed by atoms with Crippen molar-refractivity contribution < 1.29 is 9.53 Å². The van der Waals surface area contributed by atoms with E-state index in [0.29, 0.717) is 30.4 Å². The first-order valence-corrected chi connectivity index (χ1v) is 10.1. The van der Waals surface area contributed by atoms with E-state index < -0.39 is 0 Å². The Morgan fingerprint density at radius 3 is 2.45 bits per heavy atom. The lowest BCUT2D eigenvalue weighted by atomic mass is 10.2. The summed E-state index contributed by atoms with van der Waals surface area (Å²) >= 11 is 5.89. The summed E-state index contributed by atoms with van der Waals surface area (Å²) in [6.07, 6.45) is 3.33. The molecule has 6 nitrogen and oxygen atoms in total. The van der Waals surface area contributed by atoms with Crippen LogP contribution in [0.5, 0.6) is 5.75 Å². The molecule has 0 radical (unpaired) electrons. The van der Waals surface area contributed by atoms with Gasteiger partial charge in [0.15, 0.2) is 0 Å². The Hall–Kier alpha value is -2.83. The molecule has 2 aromatic carbocycles. The van der Waals surface area contributed by atoms with E-state index >= 15 is 0 Å². The lowest BCUT2D eigenvalue weighted by molar-refractivity contribution is 0.0612. The first-order valence-electron chi connectivity index (χ1n) is 9.68. The molecule has 0 spiro atoms.